The van der Waals surface area contributed by atoms with E-state index in [0.29, 0.717) is 6.42 Å². The van der Waals surface area contributed by atoms with Crippen molar-refractivity contribution in [1.82, 2.24) is 10.3 Å². The van der Waals surface area contributed by atoms with E-state index in [4.69, 9.17) is 0 Å². The lowest BCUT2D eigenvalue weighted by Gasteiger charge is -2.17. The molecule has 2 aromatic rings. The number of pyridine rings is 1. The summed E-state index contributed by atoms with van der Waals surface area (Å²) in [4.78, 5) is 15.5. The molecule has 2 atom stereocenters. The number of rotatable bonds is 2. The molecule has 4 nitrogen and oxygen atoms in total. The van der Waals surface area contributed by atoms with Gasteiger partial charge in [-0.05, 0) is 23.3 Å². The molecular formula is C15H13FN2O2. The molecule has 5 heteroatoms. The highest BCUT2D eigenvalue weighted by Crippen LogP contribution is 2.31. The van der Waals surface area contributed by atoms with E-state index in [-0.39, 0.29) is 11.5 Å². The minimum atomic E-state index is -0.648. The predicted molar refractivity (Wildman–Crippen MR) is 70.6 cm³/mol. The first-order valence-electron chi connectivity index (χ1n) is 6.33. The summed E-state index contributed by atoms with van der Waals surface area (Å²) in [6.45, 7) is 0. The monoisotopic (exact) mass is 272 g/mol. The first-order valence-corrected chi connectivity index (χ1v) is 6.33. The van der Waals surface area contributed by atoms with E-state index in [1.165, 1.54) is 12.3 Å². The first-order chi connectivity index (χ1) is 9.65. The highest BCUT2D eigenvalue weighted by atomic mass is 19.1. The van der Waals surface area contributed by atoms with Crippen molar-refractivity contribution in [3.05, 3.63) is 65.2 Å². The van der Waals surface area contributed by atoms with Gasteiger partial charge in [0, 0.05) is 12.6 Å². The number of aromatic nitrogens is 1. The lowest BCUT2D eigenvalue weighted by molar-refractivity contribution is 0.0857. The second kappa shape index (κ2) is 5.02. The highest BCUT2D eigenvalue weighted by molar-refractivity contribution is 5.94. The Morgan fingerprint density at radius 2 is 2.10 bits per heavy atom. The van der Waals surface area contributed by atoms with Crippen LogP contribution in [0.1, 0.15) is 27.5 Å². The number of aliphatic hydroxyl groups is 1. The number of hydrogen-bond acceptors (Lipinski definition) is 3. The minimum Gasteiger partial charge on any atom is -0.390 e. The van der Waals surface area contributed by atoms with Gasteiger partial charge in [-0.15, -0.1) is 0 Å². The molecule has 3 rings (SSSR count). The van der Waals surface area contributed by atoms with Crippen molar-refractivity contribution < 1.29 is 14.3 Å². The standard InChI is InChI=1S/C15H13FN2O2/c16-13-6-5-10(8-17-13)15(20)18-14-11-4-2-1-3-9(11)7-12(14)19/h1-6,8,12,14,19H,7H2,(H,18,20). The summed E-state index contributed by atoms with van der Waals surface area (Å²) < 4.78 is 12.7. The molecule has 0 bridgehead atoms. The van der Waals surface area contributed by atoms with Crippen molar-refractivity contribution in [2.45, 2.75) is 18.6 Å². The van der Waals surface area contributed by atoms with Gasteiger partial charge in [0.15, 0.2) is 0 Å². The fourth-order valence-electron chi connectivity index (χ4n) is 2.48. The van der Waals surface area contributed by atoms with E-state index in [9.17, 15) is 14.3 Å². The molecule has 20 heavy (non-hydrogen) atoms. The maximum atomic E-state index is 12.7. The van der Waals surface area contributed by atoms with Crippen molar-refractivity contribution in [2.75, 3.05) is 0 Å². The lowest BCUT2D eigenvalue weighted by Crippen LogP contribution is -2.33. The van der Waals surface area contributed by atoms with Crippen LogP contribution in [0.5, 0.6) is 0 Å². The van der Waals surface area contributed by atoms with Crippen LogP contribution in [-0.2, 0) is 6.42 Å². The van der Waals surface area contributed by atoms with Crippen molar-refractivity contribution in [3.63, 3.8) is 0 Å². The normalized spacial score (nSPS) is 20.5. The van der Waals surface area contributed by atoms with E-state index in [2.05, 4.69) is 10.3 Å². The van der Waals surface area contributed by atoms with Gasteiger partial charge in [-0.1, -0.05) is 24.3 Å². The molecule has 1 aliphatic carbocycles. The van der Waals surface area contributed by atoms with Crippen LogP contribution in [0.2, 0.25) is 0 Å². The van der Waals surface area contributed by atoms with E-state index in [0.717, 1.165) is 17.2 Å². The van der Waals surface area contributed by atoms with Gasteiger partial charge in [0.1, 0.15) is 0 Å². The maximum absolute atomic E-state index is 12.7. The Labute approximate surface area is 115 Å². The summed E-state index contributed by atoms with van der Waals surface area (Å²) in [5.74, 6) is -1.01. The Bertz CT molecular complexity index is 643. The molecule has 102 valence electrons. The quantitative estimate of drug-likeness (QED) is 0.816. The summed E-state index contributed by atoms with van der Waals surface area (Å²) in [7, 11) is 0. The van der Waals surface area contributed by atoms with Gasteiger partial charge in [-0.25, -0.2) is 4.98 Å². The smallest absolute Gasteiger partial charge is 0.253 e. The third-order valence-corrected chi connectivity index (χ3v) is 3.48. The zero-order valence-corrected chi connectivity index (χ0v) is 10.6. The summed E-state index contributed by atoms with van der Waals surface area (Å²) in [5.41, 5.74) is 2.22. The van der Waals surface area contributed by atoms with Crippen LogP contribution in [0.15, 0.2) is 42.6 Å². The number of carbonyl (C=O) groups is 1. The Balaban J connectivity index is 1.81. The van der Waals surface area contributed by atoms with Gasteiger partial charge in [0.25, 0.3) is 5.91 Å². The van der Waals surface area contributed by atoms with Gasteiger partial charge >= 0.3 is 0 Å². The van der Waals surface area contributed by atoms with Gasteiger partial charge in [0.2, 0.25) is 5.95 Å². The molecule has 1 aromatic heterocycles. The molecular weight excluding hydrogens is 259 g/mol. The molecule has 0 fully saturated rings. The molecule has 0 spiro atoms. The molecule has 1 aromatic carbocycles. The summed E-state index contributed by atoms with van der Waals surface area (Å²) in [6, 6.07) is 9.65. The second-order valence-electron chi connectivity index (χ2n) is 4.79. The van der Waals surface area contributed by atoms with Gasteiger partial charge in [-0.3, -0.25) is 4.79 Å². The topological polar surface area (TPSA) is 62.2 Å². The molecule has 0 saturated heterocycles. The first kappa shape index (κ1) is 12.7. The average Bonchev–Trinajstić information content (AvgIpc) is 2.76. The Hall–Kier alpha value is -2.27. The van der Waals surface area contributed by atoms with Crippen LogP contribution < -0.4 is 5.32 Å². The van der Waals surface area contributed by atoms with Crippen LogP contribution >= 0.6 is 0 Å². The summed E-state index contributed by atoms with van der Waals surface area (Å²) >= 11 is 0. The second-order valence-corrected chi connectivity index (χ2v) is 4.79. The zero-order valence-electron chi connectivity index (χ0n) is 10.6. The number of nitrogens with one attached hydrogen (secondary N) is 1. The van der Waals surface area contributed by atoms with E-state index >= 15 is 0 Å². The molecule has 2 unspecified atom stereocenters. The van der Waals surface area contributed by atoms with Gasteiger partial charge < -0.3 is 10.4 Å². The number of fused-ring (bicyclic) bond motifs is 1. The van der Waals surface area contributed by atoms with Gasteiger partial charge in [0.05, 0.1) is 17.7 Å². The Morgan fingerprint density at radius 1 is 1.30 bits per heavy atom. The van der Waals surface area contributed by atoms with Crippen molar-refractivity contribution in [1.29, 1.82) is 0 Å². The largest absolute Gasteiger partial charge is 0.390 e. The van der Waals surface area contributed by atoms with E-state index in [1.807, 2.05) is 24.3 Å². The predicted octanol–water partition coefficient (Wildman–Crippen LogP) is 1.61. The van der Waals surface area contributed by atoms with Crippen LogP contribution in [0, 0.1) is 5.95 Å². The van der Waals surface area contributed by atoms with Crippen LogP contribution in [0.25, 0.3) is 0 Å². The number of halogens is 1. The molecule has 2 N–H and O–H groups in total. The third kappa shape index (κ3) is 2.28. The molecule has 1 aliphatic rings. The van der Waals surface area contributed by atoms with Gasteiger partial charge in [-0.2, -0.15) is 4.39 Å². The number of nitrogens with zero attached hydrogens (tertiary/aromatic N) is 1. The molecule has 1 heterocycles. The van der Waals surface area contributed by atoms with Crippen LogP contribution in [0.4, 0.5) is 4.39 Å². The highest BCUT2D eigenvalue weighted by Gasteiger charge is 2.32. The number of hydrogen-bond donors (Lipinski definition) is 2. The summed E-state index contributed by atoms with van der Waals surface area (Å²) in [6.07, 6.45) is 1.05. The van der Waals surface area contributed by atoms with E-state index in [1.54, 1.807) is 0 Å². The lowest BCUT2D eigenvalue weighted by atomic mass is 10.1. The molecule has 0 aliphatic heterocycles. The Morgan fingerprint density at radius 3 is 2.85 bits per heavy atom. The van der Waals surface area contributed by atoms with Crippen LogP contribution in [0.3, 0.4) is 0 Å². The average molecular weight is 272 g/mol. The minimum absolute atomic E-state index is 0.267. The SMILES string of the molecule is O=C(NC1c2ccccc2CC1O)c1ccc(F)nc1. The van der Waals surface area contributed by atoms with Crippen LogP contribution in [-0.4, -0.2) is 22.1 Å². The molecule has 1 amide bonds. The zero-order chi connectivity index (χ0) is 14.1. The number of amides is 1. The number of benzene rings is 1. The molecule has 0 saturated carbocycles. The molecule has 0 radical (unpaired) electrons. The van der Waals surface area contributed by atoms with Crippen molar-refractivity contribution in [3.8, 4) is 0 Å². The third-order valence-electron chi connectivity index (χ3n) is 3.48. The van der Waals surface area contributed by atoms with Crippen molar-refractivity contribution >= 4 is 5.91 Å². The van der Waals surface area contributed by atoms with E-state index < -0.39 is 18.1 Å². The Kier molecular flexibility index (Phi) is 3.20. The fraction of sp³-hybridized carbons (Fsp3) is 0.200. The number of carbonyl (C=O) groups excluding carboxylic acids is 1. The fourth-order valence-corrected chi connectivity index (χ4v) is 2.48. The number of aliphatic hydroxyl groups excluding tert-OH is 1. The van der Waals surface area contributed by atoms with Crippen molar-refractivity contribution in [2.24, 2.45) is 0 Å². The maximum Gasteiger partial charge on any atom is 0.253 e. The summed E-state index contributed by atoms with van der Waals surface area (Å²) in [5, 5.41) is 12.8.